The Hall–Kier alpha value is -1.62. The van der Waals surface area contributed by atoms with Gasteiger partial charge in [0, 0.05) is 20.1 Å². The van der Waals surface area contributed by atoms with Crippen molar-refractivity contribution in [2.45, 2.75) is 6.54 Å². The number of likely N-dealkylation sites (tertiary alicyclic amines) is 2. The summed E-state index contributed by atoms with van der Waals surface area (Å²) in [5, 5.41) is 0. The van der Waals surface area contributed by atoms with Gasteiger partial charge < -0.3 is 4.42 Å². The molecule has 0 N–H and O–H groups in total. The Morgan fingerprint density at radius 1 is 1.29 bits per heavy atom. The fraction of sp³-hybridized carbons (Fsp3) is 0.500. The zero-order chi connectivity index (χ0) is 12.0. The van der Waals surface area contributed by atoms with E-state index in [-0.39, 0.29) is 23.7 Å². The van der Waals surface area contributed by atoms with Crippen LogP contribution in [0.3, 0.4) is 0 Å². The van der Waals surface area contributed by atoms with E-state index in [1.807, 2.05) is 12.1 Å². The summed E-state index contributed by atoms with van der Waals surface area (Å²) in [4.78, 5) is 27.0. The molecule has 0 saturated carbocycles. The molecule has 1 aromatic rings. The number of furan rings is 1. The first-order chi connectivity index (χ1) is 8.16. The first-order valence-electron chi connectivity index (χ1n) is 5.73. The predicted octanol–water partition coefficient (Wildman–Crippen LogP) is 0.326. The zero-order valence-electron chi connectivity index (χ0n) is 9.63. The van der Waals surface area contributed by atoms with E-state index in [0.29, 0.717) is 19.6 Å². The molecule has 2 aliphatic rings. The van der Waals surface area contributed by atoms with E-state index in [0.717, 1.165) is 5.76 Å². The topological polar surface area (TPSA) is 53.8 Å². The molecule has 3 rings (SSSR count). The molecule has 0 unspecified atom stereocenters. The van der Waals surface area contributed by atoms with Gasteiger partial charge in [-0.3, -0.25) is 19.4 Å². The van der Waals surface area contributed by atoms with E-state index < -0.39 is 0 Å². The third-order valence-corrected chi connectivity index (χ3v) is 3.65. The number of nitrogens with zero attached hydrogens (tertiary/aromatic N) is 2. The number of carbonyl (C=O) groups excluding carboxylic acids is 2. The fourth-order valence-electron chi connectivity index (χ4n) is 2.74. The van der Waals surface area contributed by atoms with Crippen molar-refractivity contribution in [3.63, 3.8) is 0 Å². The highest BCUT2D eigenvalue weighted by atomic mass is 16.3. The molecule has 0 bridgehead atoms. The first kappa shape index (κ1) is 10.5. The summed E-state index contributed by atoms with van der Waals surface area (Å²) < 4.78 is 5.27. The van der Waals surface area contributed by atoms with Crippen LogP contribution < -0.4 is 0 Å². The van der Waals surface area contributed by atoms with Crippen LogP contribution in [0.1, 0.15) is 5.76 Å². The lowest BCUT2D eigenvalue weighted by atomic mass is 10.00. The second-order valence-electron chi connectivity index (χ2n) is 4.72. The van der Waals surface area contributed by atoms with Crippen LogP contribution in [-0.2, 0) is 16.1 Å². The number of fused-ring (bicyclic) bond motifs is 1. The first-order valence-corrected chi connectivity index (χ1v) is 5.73. The maximum Gasteiger partial charge on any atom is 0.234 e. The standard InChI is InChI=1S/C12H14N2O3/c1-13-11(15)9-6-14(7-10(9)12(13)16)5-8-3-2-4-17-8/h2-4,9-10H,5-7H2,1H3/t9-,10+. The highest BCUT2D eigenvalue weighted by molar-refractivity contribution is 6.05. The van der Waals surface area contributed by atoms with E-state index >= 15 is 0 Å². The third-order valence-electron chi connectivity index (χ3n) is 3.65. The molecule has 0 aliphatic carbocycles. The molecule has 5 nitrogen and oxygen atoms in total. The normalized spacial score (nSPS) is 29.1. The van der Waals surface area contributed by atoms with Gasteiger partial charge in [-0.15, -0.1) is 0 Å². The van der Waals surface area contributed by atoms with Crippen LogP contribution in [-0.4, -0.2) is 41.8 Å². The van der Waals surface area contributed by atoms with E-state index in [9.17, 15) is 9.59 Å². The summed E-state index contributed by atoms with van der Waals surface area (Å²) in [5.74, 6) is 0.493. The zero-order valence-corrected chi connectivity index (χ0v) is 9.63. The van der Waals surface area contributed by atoms with Gasteiger partial charge in [0.05, 0.1) is 24.6 Å². The summed E-state index contributed by atoms with van der Waals surface area (Å²) in [7, 11) is 1.57. The van der Waals surface area contributed by atoms with E-state index in [2.05, 4.69) is 4.90 Å². The van der Waals surface area contributed by atoms with Crippen LogP contribution in [0.25, 0.3) is 0 Å². The predicted molar refractivity (Wildman–Crippen MR) is 58.7 cm³/mol. The van der Waals surface area contributed by atoms with Crippen molar-refractivity contribution in [2.24, 2.45) is 11.8 Å². The van der Waals surface area contributed by atoms with Crippen molar-refractivity contribution in [1.29, 1.82) is 0 Å². The quantitative estimate of drug-likeness (QED) is 0.692. The number of imide groups is 1. The second kappa shape index (κ2) is 3.70. The number of rotatable bonds is 2. The molecule has 5 heteroatoms. The summed E-state index contributed by atoms with van der Waals surface area (Å²) in [6.45, 7) is 1.98. The molecule has 17 heavy (non-hydrogen) atoms. The molecular formula is C12H14N2O3. The van der Waals surface area contributed by atoms with E-state index in [1.54, 1.807) is 13.3 Å². The number of hydrogen-bond donors (Lipinski definition) is 0. The van der Waals surface area contributed by atoms with Gasteiger partial charge in [-0.25, -0.2) is 0 Å². The SMILES string of the molecule is CN1C(=O)[C@H]2CN(Cc3ccco3)C[C@H]2C1=O. The average molecular weight is 234 g/mol. The van der Waals surface area contributed by atoms with Crippen LogP contribution in [0, 0.1) is 11.8 Å². The van der Waals surface area contributed by atoms with Gasteiger partial charge in [0.15, 0.2) is 0 Å². The fourth-order valence-corrected chi connectivity index (χ4v) is 2.74. The molecule has 0 spiro atoms. The average Bonchev–Trinajstić information content (AvgIpc) is 2.99. The highest BCUT2D eigenvalue weighted by Gasteiger charge is 2.50. The van der Waals surface area contributed by atoms with Crippen LogP contribution >= 0.6 is 0 Å². The maximum absolute atomic E-state index is 11.8. The minimum Gasteiger partial charge on any atom is -0.468 e. The molecule has 1 aromatic heterocycles. The van der Waals surface area contributed by atoms with Gasteiger partial charge in [-0.1, -0.05) is 0 Å². The van der Waals surface area contributed by atoms with Crippen molar-refractivity contribution in [1.82, 2.24) is 9.80 Å². The molecule has 2 amide bonds. The Morgan fingerprint density at radius 3 is 2.47 bits per heavy atom. The highest BCUT2D eigenvalue weighted by Crippen LogP contribution is 2.33. The minimum atomic E-state index is -0.150. The monoisotopic (exact) mass is 234 g/mol. The molecule has 2 atom stereocenters. The van der Waals surface area contributed by atoms with Crippen molar-refractivity contribution in [3.8, 4) is 0 Å². The van der Waals surface area contributed by atoms with Crippen molar-refractivity contribution < 1.29 is 14.0 Å². The Morgan fingerprint density at radius 2 is 1.94 bits per heavy atom. The number of amides is 2. The molecule has 2 fully saturated rings. The molecule has 3 heterocycles. The lowest BCUT2D eigenvalue weighted by molar-refractivity contribution is -0.139. The van der Waals surface area contributed by atoms with Gasteiger partial charge in [-0.05, 0) is 12.1 Å². The Balaban J connectivity index is 1.71. The van der Waals surface area contributed by atoms with Gasteiger partial charge in [0.1, 0.15) is 5.76 Å². The minimum absolute atomic E-state index is 0.0399. The Bertz CT molecular complexity index is 430. The smallest absolute Gasteiger partial charge is 0.234 e. The molecule has 2 aliphatic heterocycles. The molecule has 2 saturated heterocycles. The summed E-state index contributed by atoms with van der Waals surface area (Å²) in [6.07, 6.45) is 1.64. The van der Waals surface area contributed by atoms with Crippen molar-refractivity contribution in [3.05, 3.63) is 24.2 Å². The van der Waals surface area contributed by atoms with Gasteiger partial charge in [0.25, 0.3) is 0 Å². The molecular weight excluding hydrogens is 220 g/mol. The van der Waals surface area contributed by atoms with E-state index in [1.165, 1.54) is 4.90 Å². The second-order valence-corrected chi connectivity index (χ2v) is 4.72. The van der Waals surface area contributed by atoms with Crippen molar-refractivity contribution in [2.75, 3.05) is 20.1 Å². The van der Waals surface area contributed by atoms with Crippen LogP contribution in [0.2, 0.25) is 0 Å². The summed E-state index contributed by atoms with van der Waals surface area (Å²) in [5.41, 5.74) is 0. The summed E-state index contributed by atoms with van der Waals surface area (Å²) in [6, 6.07) is 3.75. The number of hydrogen-bond acceptors (Lipinski definition) is 4. The van der Waals surface area contributed by atoms with Crippen LogP contribution in [0.15, 0.2) is 22.8 Å². The summed E-state index contributed by atoms with van der Waals surface area (Å²) >= 11 is 0. The maximum atomic E-state index is 11.8. The third kappa shape index (κ3) is 1.58. The van der Waals surface area contributed by atoms with Gasteiger partial charge in [0.2, 0.25) is 11.8 Å². The molecule has 0 radical (unpaired) electrons. The van der Waals surface area contributed by atoms with Gasteiger partial charge in [-0.2, -0.15) is 0 Å². The largest absolute Gasteiger partial charge is 0.468 e. The van der Waals surface area contributed by atoms with Gasteiger partial charge >= 0.3 is 0 Å². The molecule has 90 valence electrons. The lowest BCUT2D eigenvalue weighted by Gasteiger charge is -2.16. The Kier molecular flexibility index (Phi) is 2.29. The van der Waals surface area contributed by atoms with Crippen LogP contribution in [0.4, 0.5) is 0 Å². The van der Waals surface area contributed by atoms with Crippen LogP contribution in [0.5, 0.6) is 0 Å². The van der Waals surface area contributed by atoms with E-state index in [4.69, 9.17) is 4.42 Å². The van der Waals surface area contributed by atoms with Crippen molar-refractivity contribution >= 4 is 11.8 Å². The number of carbonyl (C=O) groups is 2. The molecule has 0 aromatic carbocycles. The lowest BCUT2D eigenvalue weighted by Crippen LogP contribution is -2.32. The Labute approximate surface area is 99.0 Å².